The molecule has 1 atom stereocenters. The Hall–Kier alpha value is -2.16. The molecule has 0 heterocycles. The van der Waals surface area contributed by atoms with Crippen LogP contribution in [0.4, 0.5) is 11.4 Å². The van der Waals surface area contributed by atoms with Gasteiger partial charge in [-0.3, -0.25) is 0 Å². The van der Waals surface area contributed by atoms with Crippen molar-refractivity contribution >= 4 is 11.4 Å². The van der Waals surface area contributed by atoms with Crippen molar-refractivity contribution in [1.82, 2.24) is 0 Å². The van der Waals surface area contributed by atoms with Crippen molar-refractivity contribution in [3.8, 4) is 5.75 Å². The smallest absolute Gasteiger partial charge is 0.119 e. The van der Waals surface area contributed by atoms with E-state index in [-0.39, 0.29) is 0 Å². The Kier molecular flexibility index (Phi) is 8.17. The second kappa shape index (κ2) is 10.7. The van der Waals surface area contributed by atoms with Gasteiger partial charge in [-0.2, -0.15) is 10.2 Å². The molecular formula is C22H30N2O. The highest BCUT2D eigenvalue weighted by molar-refractivity contribution is 5.43. The fraction of sp³-hybridized carbons (Fsp3) is 0.455. The zero-order valence-corrected chi connectivity index (χ0v) is 15.7. The van der Waals surface area contributed by atoms with E-state index in [9.17, 15) is 0 Å². The molecule has 0 saturated heterocycles. The standard InChI is InChI=1S/C22H30N2O/c1-4-6-7-16-25-22-14-12-21(13-15-22)24-23-20-10-8-19(9-11-20)17-18(3)5-2/h8-15,18H,4-7,16-17H2,1-3H3/t18-/m1/s1. The molecule has 3 heteroatoms. The molecule has 2 aromatic carbocycles. The van der Waals surface area contributed by atoms with Gasteiger partial charge in [0.2, 0.25) is 0 Å². The molecule has 0 aliphatic heterocycles. The van der Waals surface area contributed by atoms with E-state index in [4.69, 9.17) is 4.74 Å². The molecule has 0 N–H and O–H groups in total. The molecule has 2 rings (SSSR count). The van der Waals surface area contributed by atoms with E-state index in [0.717, 1.165) is 42.5 Å². The molecule has 2 aromatic rings. The maximum absolute atomic E-state index is 5.71. The topological polar surface area (TPSA) is 34.0 Å². The van der Waals surface area contributed by atoms with Crippen molar-refractivity contribution in [1.29, 1.82) is 0 Å². The van der Waals surface area contributed by atoms with Crippen LogP contribution in [0.25, 0.3) is 0 Å². The number of rotatable bonds is 10. The zero-order valence-electron chi connectivity index (χ0n) is 15.7. The van der Waals surface area contributed by atoms with Gasteiger partial charge in [-0.05, 0) is 60.7 Å². The summed E-state index contributed by atoms with van der Waals surface area (Å²) >= 11 is 0. The van der Waals surface area contributed by atoms with Crippen molar-refractivity contribution in [3.63, 3.8) is 0 Å². The number of benzene rings is 2. The van der Waals surface area contributed by atoms with E-state index in [2.05, 4.69) is 43.1 Å². The van der Waals surface area contributed by atoms with Crippen LogP contribution in [0.3, 0.4) is 0 Å². The van der Waals surface area contributed by atoms with E-state index >= 15 is 0 Å². The Labute approximate surface area is 152 Å². The van der Waals surface area contributed by atoms with Gasteiger partial charge in [0.05, 0.1) is 18.0 Å². The number of nitrogens with zero attached hydrogens (tertiary/aromatic N) is 2. The molecule has 0 aliphatic rings. The Morgan fingerprint density at radius 3 is 2.00 bits per heavy atom. The summed E-state index contributed by atoms with van der Waals surface area (Å²) in [5, 5.41) is 8.62. The van der Waals surface area contributed by atoms with Gasteiger partial charge in [-0.15, -0.1) is 0 Å². The summed E-state index contributed by atoms with van der Waals surface area (Å²) in [6, 6.07) is 16.2. The monoisotopic (exact) mass is 338 g/mol. The van der Waals surface area contributed by atoms with Gasteiger partial charge in [0.1, 0.15) is 5.75 Å². The van der Waals surface area contributed by atoms with E-state index < -0.39 is 0 Å². The minimum atomic E-state index is 0.718. The van der Waals surface area contributed by atoms with Gasteiger partial charge < -0.3 is 4.74 Å². The maximum Gasteiger partial charge on any atom is 0.119 e. The van der Waals surface area contributed by atoms with Gasteiger partial charge in [0.25, 0.3) is 0 Å². The first-order chi connectivity index (χ1) is 12.2. The Morgan fingerprint density at radius 1 is 0.840 bits per heavy atom. The largest absolute Gasteiger partial charge is 0.494 e. The number of unbranched alkanes of at least 4 members (excludes halogenated alkanes) is 2. The molecule has 134 valence electrons. The lowest BCUT2D eigenvalue weighted by Crippen LogP contribution is -1.96. The third-order valence-electron chi connectivity index (χ3n) is 4.35. The fourth-order valence-corrected chi connectivity index (χ4v) is 2.51. The summed E-state index contributed by atoms with van der Waals surface area (Å²) in [6.45, 7) is 7.48. The molecule has 0 bridgehead atoms. The summed E-state index contributed by atoms with van der Waals surface area (Å²) in [5.41, 5.74) is 3.08. The van der Waals surface area contributed by atoms with Crippen molar-refractivity contribution in [2.45, 2.75) is 52.9 Å². The van der Waals surface area contributed by atoms with Gasteiger partial charge in [0.15, 0.2) is 0 Å². The quantitative estimate of drug-likeness (QED) is 0.331. The number of azo groups is 1. The molecule has 0 spiro atoms. The van der Waals surface area contributed by atoms with Crippen LogP contribution in [0.1, 0.15) is 52.0 Å². The van der Waals surface area contributed by atoms with Crippen LogP contribution in [0.15, 0.2) is 58.8 Å². The predicted molar refractivity (Wildman–Crippen MR) is 105 cm³/mol. The van der Waals surface area contributed by atoms with Gasteiger partial charge in [-0.25, -0.2) is 0 Å². The summed E-state index contributed by atoms with van der Waals surface area (Å²) in [5.74, 6) is 1.61. The second-order valence-electron chi connectivity index (χ2n) is 6.63. The Bertz CT molecular complexity index is 632. The third-order valence-corrected chi connectivity index (χ3v) is 4.35. The van der Waals surface area contributed by atoms with E-state index in [1.165, 1.54) is 24.8 Å². The fourth-order valence-electron chi connectivity index (χ4n) is 2.51. The predicted octanol–water partition coefficient (Wildman–Crippen LogP) is 7.26. The summed E-state index contributed by atoms with van der Waals surface area (Å²) in [4.78, 5) is 0. The lowest BCUT2D eigenvalue weighted by Gasteiger charge is -2.07. The SMILES string of the molecule is CCCCCOc1ccc(N=Nc2ccc(C[C@H](C)CC)cc2)cc1. The zero-order chi connectivity index (χ0) is 17.9. The molecule has 0 radical (unpaired) electrons. The van der Waals surface area contributed by atoms with E-state index in [1.807, 2.05) is 36.4 Å². The number of hydrogen-bond donors (Lipinski definition) is 0. The highest BCUT2D eigenvalue weighted by atomic mass is 16.5. The Balaban J connectivity index is 1.86. The number of ether oxygens (including phenoxy) is 1. The summed E-state index contributed by atoms with van der Waals surface area (Å²) < 4.78 is 5.71. The lowest BCUT2D eigenvalue weighted by molar-refractivity contribution is 0.306. The van der Waals surface area contributed by atoms with E-state index in [1.54, 1.807) is 0 Å². The van der Waals surface area contributed by atoms with Gasteiger partial charge in [-0.1, -0.05) is 52.2 Å². The molecule has 3 nitrogen and oxygen atoms in total. The molecule has 0 aromatic heterocycles. The van der Waals surface area contributed by atoms with Gasteiger partial charge >= 0.3 is 0 Å². The highest BCUT2D eigenvalue weighted by Gasteiger charge is 2.01. The third kappa shape index (κ3) is 7.08. The first-order valence-electron chi connectivity index (χ1n) is 9.44. The van der Waals surface area contributed by atoms with Crippen LogP contribution >= 0.6 is 0 Å². The van der Waals surface area contributed by atoms with Crippen LogP contribution in [0.5, 0.6) is 5.75 Å². The summed E-state index contributed by atoms with van der Waals surface area (Å²) in [6.07, 6.45) is 5.85. The first-order valence-corrected chi connectivity index (χ1v) is 9.44. The summed E-state index contributed by atoms with van der Waals surface area (Å²) in [7, 11) is 0. The Morgan fingerprint density at radius 2 is 1.44 bits per heavy atom. The molecular weight excluding hydrogens is 308 g/mol. The second-order valence-corrected chi connectivity index (χ2v) is 6.63. The normalized spacial score (nSPS) is 12.4. The van der Waals surface area contributed by atoms with E-state index in [0.29, 0.717) is 0 Å². The minimum absolute atomic E-state index is 0.718. The van der Waals surface area contributed by atoms with Crippen LogP contribution in [0.2, 0.25) is 0 Å². The first kappa shape index (κ1) is 19.2. The van der Waals surface area contributed by atoms with Crippen LogP contribution in [-0.4, -0.2) is 6.61 Å². The van der Waals surface area contributed by atoms with Crippen LogP contribution in [-0.2, 0) is 6.42 Å². The average molecular weight is 338 g/mol. The average Bonchev–Trinajstić information content (AvgIpc) is 2.65. The molecule has 0 unspecified atom stereocenters. The minimum Gasteiger partial charge on any atom is -0.494 e. The molecule has 0 saturated carbocycles. The molecule has 25 heavy (non-hydrogen) atoms. The maximum atomic E-state index is 5.71. The van der Waals surface area contributed by atoms with Crippen molar-refractivity contribution in [2.75, 3.05) is 6.61 Å². The van der Waals surface area contributed by atoms with Crippen molar-refractivity contribution in [3.05, 3.63) is 54.1 Å². The molecule has 0 aliphatic carbocycles. The highest BCUT2D eigenvalue weighted by Crippen LogP contribution is 2.22. The molecule has 0 fully saturated rings. The van der Waals surface area contributed by atoms with Crippen molar-refractivity contribution in [2.24, 2.45) is 16.1 Å². The lowest BCUT2D eigenvalue weighted by atomic mass is 9.99. The number of hydrogen-bond acceptors (Lipinski definition) is 3. The van der Waals surface area contributed by atoms with Crippen LogP contribution in [0, 0.1) is 5.92 Å². The van der Waals surface area contributed by atoms with Crippen LogP contribution < -0.4 is 4.74 Å². The van der Waals surface area contributed by atoms with Crippen molar-refractivity contribution < 1.29 is 4.74 Å². The van der Waals surface area contributed by atoms with Gasteiger partial charge in [0, 0.05) is 0 Å². The molecule has 0 amide bonds.